The lowest BCUT2D eigenvalue weighted by Gasteiger charge is -2.10. The number of ether oxygens (including phenoxy) is 3. The summed E-state index contributed by atoms with van der Waals surface area (Å²) in [7, 11) is 4.43. The number of allylic oxidation sites excluding steroid dienone is 1. The minimum absolute atomic E-state index is 0. The van der Waals surface area contributed by atoms with Crippen molar-refractivity contribution in [1.29, 1.82) is 0 Å². The molecule has 0 atom stereocenters. The van der Waals surface area contributed by atoms with E-state index >= 15 is 0 Å². The number of benzene rings is 3. The Kier molecular flexibility index (Phi) is 26.3. The Labute approximate surface area is 361 Å². The predicted molar refractivity (Wildman–Crippen MR) is 246 cm³/mol. The van der Waals surface area contributed by atoms with E-state index in [0.29, 0.717) is 68.0 Å². The van der Waals surface area contributed by atoms with Crippen molar-refractivity contribution in [1.82, 2.24) is 5.32 Å². The SMILES string of the molecule is C.C=CCc1cc(C=O)cc(OC)c1O.CC.CCCc1cc(/C=C2/SC(=S)NC2=O)cc(OC)c1O.CCCc1cc(C=O)cc(OC)c1O.O=C1CSC(=S)C1. The summed E-state index contributed by atoms with van der Waals surface area (Å²) in [6.45, 7) is 11.6. The number of Topliss-reactive ketones (excluding diaryl/α,β-unsaturated/α-hetero) is 1. The van der Waals surface area contributed by atoms with E-state index in [4.69, 9.17) is 38.6 Å². The molecule has 3 aromatic carbocycles. The number of aryl methyl sites for hydroxylation is 2. The quantitative estimate of drug-likeness (QED) is 0.0587. The summed E-state index contributed by atoms with van der Waals surface area (Å²) >= 11 is 12.4. The second kappa shape index (κ2) is 28.7. The molecular formula is C43H55NO10S4. The minimum atomic E-state index is -0.191. The molecule has 0 spiro atoms. The number of aromatic hydroxyl groups is 3. The maximum absolute atomic E-state index is 11.7. The lowest BCUT2D eigenvalue weighted by Crippen LogP contribution is -2.17. The van der Waals surface area contributed by atoms with Gasteiger partial charge in [-0.3, -0.25) is 19.2 Å². The number of rotatable bonds is 12. The van der Waals surface area contributed by atoms with Crippen molar-refractivity contribution < 1.29 is 48.7 Å². The molecule has 2 aliphatic rings. The van der Waals surface area contributed by atoms with E-state index in [0.717, 1.165) is 52.9 Å². The van der Waals surface area contributed by atoms with Gasteiger partial charge in [0.25, 0.3) is 5.91 Å². The largest absolute Gasteiger partial charge is 0.504 e. The zero-order valence-corrected chi connectivity index (χ0v) is 36.5. The zero-order valence-electron chi connectivity index (χ0n) is 33.3. The lowest BCUT2D eigenvalue weighted by molar-refractivity contribution is -0.116. The molecule has 58 heavy (non-hydrogen) atoms. The number of aldehydes is 2. The molecule has 0 aliphatic carbocycles. The fourth-order valence-electron chi connectivity index (χ4n) is 4.98. The fraction of sp³-hybridized carbons (Fsp3) is 0.349. The minimum Gasteiger partial charge on any atom is -0.504 e. The van der Waals surface area contributed by atoms with Gasteiger partial charge < -0.3 is 34.8 Å². The first-order valence-corrected chi connectivity index (χ1v) is 20.5. The van der Waals surface area contributed by atoms with Crippen molar-refractivity contribution in [2.45, 2.75) is 73.6 Å². The van der Waals surface area contributed by atoms with Gasteiger partial charge in [-0.05, 0) is 78.4 Å². The van der Waals surface area contributed by atoms with Crippen molar-refractivity contribution in [3.63, 3.8) is 0 Å². The van der Waals surface area contributed by atoms with Crippen LogP contribution in [0.1, 0.15) is 97.4 Å². The van der Waals surface area contributed by atoms with Gasteiger partial charge in [-0.25, -0.2) is 0 Å². The van der Waals surface area contributed by atoms with Crippen molar-refractivity contribution in [2.75, 3.05) is 27.1 Å². The van der Waals surface area contributed by atoms with E-state index in [1.165, 1.54) is 57.0 Å². The van der Waals surface area contributed by atoms with Gasteiger partial charge in [0.1, 0.15) is 22.7 Å². The molecule has 2 fully saturated rings. The van der Waals surface area contributed by atoms with Gasteiger partial charge in [-0.2, -0.15) is 0 Å². The smallest absolute Gasteiger partial charge is 0.263 e. The monoisotopic (exact) mass is 873 g/mol. The number of hydrogen-bond donors (Lipinski definition) is 4. The van der Waals surface area contributed by atoms with Crippen LogP contribution in [0.5, 0.6) is 34.5 Å². The van der Waals surface area contributed by atoms with Crippen LogP contribution < -0.4 is 19.5 Å². The summed E-state index contributed by atoms with van der Waals surface area (Å²) in [5.74, 6) is 2.14. The van der Waals surface area contributed by atoms with Crippen LogP contribution in [0.25, 0.3) is 6.08 Å². The maximum atomic E-state index is 11.7. The highest BCUT2D eigenvalue weighted by atomic mass is 32.2. The van der Waals surface area contributed by atoms with Crippen LogP contribution in [0.15, 0.2) is 54.0 Å². The van der Waals surface area contributed by atoms with Crippen molar-refractivity contribution in [3.8, 4) is 34.5 Å². The third-order valence-corrected chi connectivity index (χ3v) is 10.1. The number of nitrogens with one attached hydrogen (secondary N) is 1. The Balaban J connectivity index is 0.000000766. The summed E-state index contributed by atoms with van der Waals surface area (Å²) in [5.41, 5.74) is 4.03. The molecule has 11 nitrogen and oxygen atoms in total. The molecule has 0 radical (unpaired) electrons. The Bertz CT molecular complexity index is 1910. The van der Waals surface area contributed by atoms with Crippen LogP contribution in [0.4, 0.5) is 0 Å². The molecule has 3 aromatic rings. The number of phenols is 3. The number of hydrogen-bond acceptors (Lipinski definition) is 14. The third kappa shape index (κ3) is 17.0. The van der Waals surface area contributed by atoms with E-state index in [1.54, 1.807) is 30.4 Å². The highest BCUT2D eigenvalue weighted by Gasteiger charge is 2.22. The third-order valence-electron chi connectivity index (χ3n) is 7.54. The number of ketones is 1. The highest BCUT2D eigenvalue weighted by molar-refractivity contribution is 8.27. The first kappa shape index (κ1) is 53.3. The second-order valence-electron chi connectivity index (χ2n) is 11.6. The lowest BCUT2D eigenvalue weighted by atomic mass is 10.0. The number of thioether (sulfide) groups is 2. The molecular weight excluding hydrogens is 819 g/mol. The number of thiocarbonyl (C=S) groups is 2. The first-order chi connectivity index (χ1) is 27.3. The average Bonchev–Trinajstić information content (AvgIpc) is 3.75. The first-order valence-electron chi connectivity index (χ1n) is 17.9. The summed E-state index contributed by atoms with van der Waals surface area (Å²) < 4.78 is 16.4. The van der Waals surface area contributed by atoms with Gasteiger partial charge >= 0.3 is 0 Å². The van der Waals surface area contributed by atoms with Crippen molar-refractivity contribution in [3.05, 3.63) is 87.3 Å². The van der Waals surface area contributed by atoms with Crippen LogP contribution in [0.3, 0.4) is 0 Å². The fourth-order valence-corrected chi connectivity index (χ4v) is 7.05. The number of carbonyl (C=O) groups is 4. The second-order valence-corrected chi connectivity index (χ2v) is 15.2. The van der Waals surface area contributed by atoms with Crippen molar-refractivity contribution in [2.24, 2.45) is 0 Å². The van der Waals surface area contributed by atoms with Crippen LogP contribution >= 0.6 is 48.0 Å². The topological polar surface area (TPSA) is 169 Å². The number of methoxy groups -OCH3 is 3. The Morgan fingerprint density at radius 3 is 1.52 bits per heavy atom. The molecule has 2 heterocycles. The molecule has 15 heteroatoms. The van der Waals surface area contributed by atoms with E-state index in [9.17, 15) is 34.5 Å². The van der Waals surface area contributed by atoms with Crippen molar-refractivity contribution >= 4 is 86.8 Å². The summed E-state index contributed by atoms with van der Waals surface area (Å²) in [6.07, 6.45) is 9.22. The molecule has 0 bridgehead atoms. The van der Waals surface area contributed by atoms with E-state index in [-0.39, 0.29) is 36.4 Å². The molecule has 1 amide bonds. The highest BCUT2D eigenvalue weighted by Crippen LogP contribution is 2.35. The molecule has 4 N–H and O–H groups in total. The van der Waals surface area contributed by atoms with E-state index in [2.05, 4.69) is 11.9 Å². The van der Waals surface area contributed by atoms with Gasteiger partial charge in [0.05, 0.1) is 36.2 Å². The van der Waals surface area contributed by atoms with E-state index < -0.39 is 0 Å². The average molecular weight is 874 g/mol. The van der Waals surface area contributed by atoms with Crippen LogP contribution in [-0.4, -0.2) is 75.2 Å². The number of phenolic OH excluding ortho intramolecular Hbond substituents is 3. The summed E-state index contributed by atoms with van der Waals surface area (Å²) in [5, 5.41) is 32.0. The van der Waals surface area contributed by atoms with Crippen LogP contribution in [0, 0.1) is 0 Å². The van der Waals surface area contributed by atoms with Gasteiger partial charge in [0.2, 0.25) is 0 Å². The van der Waals surface area contributed by atoms with Gasteiger partial charge in [-0.1, -0.05) is 90.2 Å². The maximum Gasteiger partial charge on any atom is 0.263 e. The Morgan fingerprint density at radius 2 is 1.19 bits per heavy atom. The summed E-state index contributed by atoms with van der Waals surface area (Å²) in [4.78, 5) is 43.7. The molecule has 2 aliphatic heterocycles. The predicted octanol–water partition coefficient (Wildman–Crippen LogP) is 9.63. The zero-order chi connectivity index (χ0) is 43.1. The molecule has 316 valence electrons. The number of carbonyl (C=O) groups excluding carboxylic acids is 4. The van der Waals surface area contributed by atoms with E-state index in [1.807, 2.05) is 33.8 Å². The van der Waals surface area contributed by atoms with Crippen LogP contribution in [0.2, 0.25) is 0 Å². The summed E-state index contributed by atoms with van der Waals surface area (Å²) in [6, 6.07) is 9.90. The molecule has 0 unspecified atom stereocenters. The number of amides is 1. The standard InChI is InChI=1S/C14H15NO3S2.C11H14O3.C11H12O3.C4H4OS2.C2H6.CH4/c1-3-4-9-5-8(6-10(18-2)12(9)16)7-11-13(17)15-14(19)20-11;2*1-3-4-9-5-8(7-12)6-10(14-2)11(9)13;5-3-1-4(6)7-2-3;1-2;/h5-7,16H,3-4H2,1-2H3,(H,15,17,19);5-7,13H,3-4H2,1-2H3;3,5-7,13H,1,4H2,2H3;1-2H2;1-2H3;1H4/b11-7+;;;;;. The molecule has 0 aromatic heterocycles. The Hall–Kier alpha value is -4.70. The normalized spacial score (nSPS) is 13.1. The Morgan fingerprint density at radius 1 is 0.759 bits per heavy atom. The molecule has 5 rings (SSSR count). The molecule has 2 saturated heterocycles. The van der Waals surface area contributed by atoms with Gasteiger partial charge in [0.15, 0.2) is 34.5 Å². The molecule has 0 saturated carbocycles. The van der Waals surface area contributed by atoms with Gasteiger partial charge in [-0.15, -0.1) is 18.3 Å². The van der Waals surface area contributed by atoms with Gasteiger partial charge in [0, 0.05) is 23.1 Å². The van der Waals surface area contributed by atoms with Crippen LogP contribution in [-0.2, 0) is 28.9 Å².